The molecule has 2 N–H and O–H groups in total. The molecule has 0 aromatic rings. The summed E-state index contributed by atoms with van der Waals surface area (Å²) in [4.78, 5) is -0.0470. The molecule has 0 aromatic heterocycles. The molecule has 0 radical (unpaired) electrons. The zero-order chi connectivity index (χ0) is 9.07. The first-order valence-corrected chi connectivity index (χ1v) is 3.28. The molecule has 0 bridgehead atoms. The van der Waals surface area contributed by atoms with Crippen molar-refractivity contribution in [3.8, 4) is 0 Å². The van der Waals surface area contributed by atoms with Crippen molar-refractivity contribution in [2.45, 2.75) is 19.0 Å². The SMILES string of the molecule is C=C(CCC(F)(F)F)C(N)=S. The molecule has 0 rings (SSSR count). The Bertz CT molecular complexity index is 173. The summed E-state index contributed by atoms with van der Waals surface area (Å²) in [6.45, 7) is 3.29. The molecule has 0 spiro atoms. The summed E-state index contributed by atoms with van der Waals surface area (Å²) in [6, 6.07) is 0. The maximum atomic E-state index is 11.6. The first kappa shape index (κ1) is 10.4. The van der Waals surface area contributed by atoms with Crippen LogP contribution in [0.1, 0.15) is 12.8 Å². The Hall–Kier alpha value is -0.580. The predicted octanol–water partition coefficient (Wildman–Crippen LogP) is 2.17. The lowest BCUT2D eigenvalue weighted by Crippen LogP contribution is -2.14. The van der Waals surface area contributed by atoms with Crippen molar-refractivity contribution in [2.24, 2.45) is 5.73 Å². The Kier molecular flexibility index (Phi) is 3.51. The minimum atomic E-state index is -4.16. The number of alkyl halides is 3. The van der Waals surface area contributed by atoms with Gasteiger partial charge in [0.15, 0.2) is 0 Å². The molecule has 0 heterocycles. The van der Waals surface area contributed by atoms with Crippen molar-refractivity contribution < 1.29 is 13.2 Å². The van der Waals surface area contributed by atoms with Gasteiger partial charge in [0.25, 0.3) is 0 Å². The van der Waals surface area contributed by atoms with Gasteiger partial charge in [-0.2, -0.15) is 13.2 Å². The van der Waals surface area contributed by atoms with E-state index in [0.717, 1.165) is 0 Å². The van der Waals surface area contributed by atoms with Crippen molar-refractivity contribution in [1.29, 1.82) is 0 Å². The van der Waals surface area contributed by atoms with Gasteiger partial charge in [0.1, 0.15) is 0 Å². The lowest BCUT2D eigenvalue weighted by atomic mass is 10.1. The predicted molar refractivity (Wildman–Crippen MR) is 41.2 cm³/mol. The monoisotopic (exact) mass is 183 g/mol. The summed E-state index contributed by atoms with van der Waals surface area (Å²) in [5.41, 5.74) is 5.21. The van der Waals surface area contributed by atoms with Crippen LogP contribution < -0.4 is 5.73 Å². The van der Waals surface area contributed by atoms with Crippen molar-refractivity contribution in [2.75, 3.05) is 0 Å². The zero-order valence-corrected chi connectivity index (χ0v) is 6.56. The van der Waals surface area contributed by atoms with Gasteiger partial charge in [0.2, 0.25) is 0 Å². The van der Waals surface area contributed by atoms with E-state index in [1.54, 1.807) is 0 Å². The van der Waals surface area contributed by atoms with Gasteiger partial charge >= 0.3 is 6.18 Å². The Labute approximate surface area is 68.1 Å². The molecule has 0 saturated carbocycles. The minimum absolute atomic E-state index is 0.0470. The summed E-state index contributed by atoms with van der Waals surface area (Å²) in [7, 11) is 0. The van der Waals surface area contributed by atoms with E-state index in [1.165, 1.54) is 0 Å². The highest BCUT2D eigenvalue weighted by Gasteiger charge is 2.26. The largest absolute Gasteiger partial charge is 0.390 e. The molecule has 11 heavy (non-hydrogen) atoms. The third-order valence-electron chi connectivity index (χ3n) is 1.06. The van der Waals surface area contributed by atoms with E-state index in [-0.39, 0.29) is 17.0 Å². The summed E-state index contributed by atoms with van der Waals surface area (Å²) in [5, 5.41) is 0. The average Bonchev–Trinajstić information content (AvgIpc) is 1.80. The van der Waals surface area contributed by atoms with Crippen molar-refractivity contribution in [3.05, 3.63) is 12.2 Å². The molecule has 5 heteroatoms. The van der Waals surface area contributed by atoms with Gasteiger partial charge in [0, 0.05) is 6.42 Å². The quantitative estimate of drug-likeness (QED) is 0.536. The second kappa shape index (κ2) is 3.71. The van der Waals surface area contributed by atoms with Crippen molar-refractivity contribution >= 4 is 17.2 Å². The lowest BCUT2D eigenvalue weighted by molar-refractivity contribution is -0.133. The van der Waals surface area contributed by atoms with E-state index < -0.39 is 12.6 Å². The molecule has 0 atom stereocenters. The molecule has 0 unspecified atom stereocenters. The van der Waals surface area contributed by atoms with Crippen molar-refractivity contribution in [1.82, 2.24) is 0 Å². The van der Waals surface area contributed by atoms with Gasteiger partial charge in [-0.05, 0) is 12.0 Å². The summed E-state index contributed by atoms with van der Waals surface area (Å²) in [6.07, 6.45) is -5.28. The standard InChI is InChI=1S/C6H8F3NS/c1-4(5(10)11)2-3-6(7,8)9/h1-3H2,(H2,10,11). The van der Waals surface area contributed by atoms with E-state index in [9.17, 15) is 13.2 Å². The number of rotatable bonds is 3. The maximum Gasteiger partial charge on any atom is 0.389 e. The molecular weight excluding hydrogens is 175 g/mol. The first-order chi connectivity index (χ1) is 4.83. The van der Waals surface area contributed by atoms with E-state index in [2.05, 4.69) is 18.8 Å². The van der Waals surface area contributed by atoms with Crippen LogP contribution in [0.25, 0.3) is 0 Å². The highest BCUT2D eigenvalue weighted by molar-refractivity contribution is 7.80. The van der Waals surface area contributed by atoms with Gasteiger partial charge in [0.05, 0.1) is 4.99 Å². The molecule has 1 nitrogen and oxygen atoms in total. The Morgan fingerprint density at radius 2 is 1.91 bits per heavy atom. The maximum absolute atomic E-state index is 11.6. The molecule has 0 amide bonds. The normalized spacial score (nSPS) is 11.2. The highest BCUT2D eigenvalue weighted by atomic mass is 32.1. The van der Waals surface area contributed by atoms with Crippen LogP contribution in [0.4, 0.5) is 13.2 Å². The van der Waals surface area contributed by atoms with E-state index in [0.29, 0.717) is 0 Å². The number of nitrogens with two attached hydrogens (primary N) is 1. The second-order valence-electron chi connectivity index (χ2n) is 2.08. The molecule has 0 fully saturated rings. The first-order valence-electron chi connectivity index (χ1n) is 2.87. The fraction of sp³-hybridized carbons (Fsp3) is 0.500. The fourth-order valence-corrected chi connectivity index (χ4v) is 0.518. The number of hydrogen-bond donors (Lipinski definition) is 1. The van der Waals surface area contributed by atoms with E-state index in [4.69, 9.17) is 5.73 Å². The highest BCUT2D eigenvalue weighted by Crippen LogP contribution is 2.23. The Balaban J connectivity index is 3.73. The van der Waals surface area contributed by atoms with Crippen LogP contribution in [-0.2, 0) is 0 Å². The third kappa shape index (κ3) is 5.84. The fourth-order valence-electron chi connectivity index (χ4n) is 0.416. The van der Waals surface area contributed by atoms with Gasteiger partial charge in [-0.3, -0.25) is 0 Å². The van der Waals surface area contributed by atoms with Gasteiger partial charge in [-0.1, -0.05) is 18.8 Å². The number of halogens is 3. The molecule has 0 saturated heterocycles. The van der Waals surface area contributed by atoms with Gasteiger partial charge < -0.3 is 5.73 Å². The Morgan fingerprint density at radius 3 is 2.18 bits per heavy atom. The number of thiocarbonyl (C=S) groups is 1. The summed E-state index contributed by atoms with van der Waals surface area (Å²) >= 11 is 4.42. The van der Waals surface area contributed by atoms with Crippen LogP contribution in [-0.4, -0.2) is 11.2 Å². The van der Waals surface area contributed by atoms with E-state index >= 15 is 0 Å². The third-order valence-corrected chi connectivity index (χ3v) is 1.35. The molecular formula is C6H8F3NS. The van der Waals surface area contributed by atoms with Crippen LogP contribution in [0.2, 0.25) is 0 Å². The minimum Gasteiger partial charge on any atom is -0.390 e. The Morgan fingerprint density at radius 1 is 1.45 bits per heavy atom. The molecule has 0 aliphatic rings. The zero-order valence-electron chi connectivity index (χ0n) is 5.74. The van der Waals surface area contributed by atoms with Crippen LogP contribution in [0.5, 0.6) is 0 Å². The van der Waals surface area contributed by atoms with E-state index in [1.807, 2.05) is 0 Å². The molecule has 64 valence electrons. The van der Waals surface area contributed by atoms with Gasteiger partial charge in [-0.25, -0.2) is 0 Å². The van der Waals surface area contributed by atoms with Crippen LogP contribution in [0.3, 0.4) is 0 Å². The van der Waals surface area contributed by atoms with Crippen LogP contribution in [0, 0.1) is 0 Å². The average molecular weight is 183 g/mol. The lowest BCUT2D eigenvalue weighted by Gasteiger charge is -2.06. The van der Waals surface area contributed by atoms with Gasteiger partial charge in [-0.15, -0.1) is 0 Å². The van der Waals surface area contributed by atoms with Crippen molar-refractivity contribution in [3.63, 3.8) is 0 Å². The van der Waals surface area contributed by atoms with Crippen LogP contribution >= 0.6 is 12.2 Å². The number of hydrogen-bond acceptors (Lipinski definition) is 1. The molecule has 0 aliphatic heterocycles. The summed E-state index contributed by atoms with van der Waals surface area (Å²) < 4.78 is 34.7. The molecule has 0 aromatic carbocycles. The second-order valence-corrected chi connectivity index (χ2v) is 2.52. The molecule has 0 aliphatic carbocycles. The smallest absolute Gasteiger partial charge is 0.389 e. The van der Waals surface area contributed by atoms with Crippen LogP contribution in [0.15, 0.2) is 12.2 Å². The summed E-state index contributed by atoms with van der Waals surface area (Å²) in [5.74, 6) is 0. The topological polar surface area (TPSA) is 26.0 Å².